The van der Waals surface area contributed by atoms with Crippen LogP contribution in [0.1, 0.15) is 22.3 Å². The second kappa shape index (κ2) is 6.97. The van der Waals surface area contributed by atoms with Crippen LogP contribution >= 0.6 is 11.6 Å². The molecular formula is C18H21ClO2. The summed E-state index contributed by atoms with van der Waals surface area (Å²) >= 11 is 6.03. The van der Waals surface area contributed by atoms with Crippen molar-refractivity contribution in [3.8, 4) is 5.75 Å². The Morgan fingerprint density at radius 2 is 1.76 bits per heavy atom. The first kappa shape index (κ1) is 15.9. The number of aliphatic hydroxyl groups is 1. The van der Waals surface area contributed by atoms with Crippen molar-refractivity contribution in [3.63, 3.8) is 0 Å². The molecule has 0 aliphatic rings. The van der Waals surface area contributed by atoms with Gasteiger partial charge in [0.25, 0.3) is 0 Å². The molecule has 0 aliphatic heterocycles. The quantitative estimate of drug-likeness (QED) is 0.900. The van der Waals surface area contributed by atoms with E-state index in [-0.39, 0.29) is 0 Å². The average molecular weight is 305 g/mol. The lowest BCUT2D eigenvalue weighted by atomic mass is 9.96. The molecule has 0 aliphatic carbocycles. The molecule has 2 aromatic rings. The third kappa shape index (κ3) is 4.23. The van der Waals surface area contributed by atoms with Crippen molar-refractivity contribution < 1.29 is 9.84 Å². The third-order valence-electron chi connectivity index (χ3n) is 3.66. The van der Waals surface area contributed by atoms with Crippen molar-refractivity contribution in [2.75, 3.05) is 7.11 Å². The Balaban J connectivity index is 2.13. The molecule has 2 aromatic carbocycles. The zero-order valence-corrected chi connectivity index (χ0v) is 13.4. The summed E-state index contributed by atoms with van der Waals surface area (Å²) < 4.78 is 5.32. The summed E-state index contributed by atoms with van der Waals surface area (Å²) in [5.74, 6) is 0.763. The predicted molar refractivity (Wildman–Crippen MR) is 87.3 cm³/mol. The van der Waals surface area contributed by atoms with Gasteiger partial charge in [-0.05, 0) is 55.2 Å². The number of ether oxygens (including phenoxy) is 1. The molecule has 0 saturated carbocycles. The molecule has 3 heteroatoms. The summed E-state index contributed by atoms with van der Waals surface area (Å²) in [6.45, 7) is 4.14. The molecule has 0 spiro atoms. The van der Waals surface area contributed by atoms with Crippen molar-refractivity contribution >= 4 is 11.6 Å². The lowest BCUT2D eigenvalue weighted by molar-refractivity contribution is 0.174. The molecule has 0 fully saturated rings. The van der Waals surface area contributed by atoms with Crippen molar-refractivity contribution in [1.29, 1.82) is 0 Å². The van der Waals surface area contributed by atoms with Crippen LogP contribution < -0.4 is 4.74 Å². The molecule has 0 amide bonds. The number of hydrogen-bond donors (Lipinski definition) is 1. The van der Waals surface area contributed by atoms with E-state index in [9.17, 15) is 5.11 Å². The van der Waals surface area contributed by atoms with E-state index in [1.807, 2.05) is 12.1 Å². The molecule has 0 bridgehead atoms. The van der Waals surface area contributed by atoms with Crippen LogP contribution in [-0.2, 0) is 12.8 Å². The van der Waals surface area contributed by atoms with Crippen molar-refractivity contribution in [3.05, 3.63) is 63.7 Å². The zero-order valence-electron chi connectivity index (χ0n) is 12.7. The number of benzene rings is 2. The van der Waals surface area contributed by atoms with Gasteiger partial charge in [0.05, 0.1) is 13.2 Å². The number of rotatable bonds is 5. The topological polar surface area (TPSA) is 29.5 Å². The van der Waals surface area contributed by atoms with Crippen molar-refractivity contribution in [2.24, 2.45) is 0 Å². The molecule has 1 atom stereocenters. The monoisotopic (exact) mass is 304 g/mol. The second-order valence-corrected chi connectivity index (χ2v) is 5.88. The van der Waals surface area contributed by atoms with E-state index in [0.717, 1.165) is 11.3 Å². The van der Waals surface area contributed by atoms with Crippen LogP contribution in [0.15, 0.2) is 36.4 Å². The number of halogens is 1. The molecular weight excluding hydrogens is 284 g/mol. The zero-order chi connectivity index (χ0) is 15.4. The van der Waals surface area contributed by atoms with Gasteiger partial charge in [-0.2, -0.15) is 0 Å². The van der Waals surface area contributed by atoms with Gasteiger partial charge in [-0.1, -0.05) is 35.4 Å². The number of methoxy groups -OCH3 is 1. The minimum Gasteiger partial charge on any atom is -0.496 e. The lowest BCUT2D eigenvalue weighted by Crippen LogP contribution is -2.15. The summed E-state index contributed by atoms with van der Waals surface area (Å²) in [6.07, 6.45) is 0.693. The predicted octanol–water partition coefficient (Wildman–Crippen LogP) is 4.11. The van der Waals surface area contributed by atoms with Crippen LogP contribution in [0.4, 0.5) is 0 Å². The van der Waals surface area contributed by atoms with E-state index in [1.54, 1.807) is 13.2 Å². The first-order chi connectivity index (χ1) is 9.99. The van der Waals surface area contributed by atoms with E-state index < -0.39 is 6.10 Å². The Bertz CT molecular complexity index is 623. The Morgan fingerprint density at radius 3 is 2.48 bits per heavy atom. The van der Waals surface area contributed by atoms with Crippen molar-refractivity contribution in [1.82, 2.24) is 0 Å². The smallest absolute Gasteiger partial charge is 0.122 e. The van der Waals surface area contributed by atoms with E-state index in [1.165, 1.54) is 16.7 Å². The van der Waals surface area contributed by atoms with Crippen molar-refractivity contribution in [2.45, 2.75) is 32.8 Å². The molecule has 0 heterocycles. The van der Waals surface area contributed by atoms with Gasteiger partial charge in [-0.15, -0.1) is 0 Å². The fourth-order valence-corrected chi connectivity index (χ4v) is 2.70. The molecule has 21 heavy (non-hydrogen) atoms. The Kier molecular flexibility index (Phi) is 5.27. The molecule has 0 radical (unpaired) electrons. The Labute approximate surface area is 131 Å². The van der Waals surface area contributed by atoms with Crippen LogP contribution in [0, 0.1) is 13.8 Å². The molecule has 0 saturated heterocycles. The highest BCUT2D eigenvalue weighted by molar-refractivity contribution is 6.30. The SMILES string of the molecule is COc1ccc(Cl)cc1CC(O)Cc1cc(C)ccc1C. The minimum atomic E-state index is -0.460. The number of hydrogen-bond acceptors (Lipinski definition) is 2. The van der Waals surface area contributed by atoms with Crippen LogP contribution in [0.5, 0.6) is 5.75 Å². The lowest BCUT2D eigenvalue weighted by Gasteiger charge is -2.15. The van der Waals surface area contributed by atoms with Gasteiger partial charge in [0.1, 0.15) is 5.75 Å². The van der Waals surface area contributed by atoms with Crippen LogP contribution in [0.25, 0.3) is 0 Å². The van der Waals surface area contributed by atoms with E-state index >= 15 is 0 Å². The summed E-state index contributed by atoms with van der Waals surface area (Å²) in [5, 5.41) is 11.0. The number of aliphatic hydroxyl groups excluding tert-OH is 1. The van der Waals surface area contributed by atoms with Gasteiger partial charge < -0.3 is 9.84 Å². The first-order valence-corrected chi connectivity index (χ1v) is 7.44. The normalized spacial score (nSPS) is 12.2. The van der Waals surface area contributed by atoms with E-state index in [4.69, 9.17) is 16.3 Å². The minimum absolute atomic E-state index is 0.460. The summed E-state index contributed by atoms with van der Waals surface area (Å²) in [4.78, 5) is 0. The summed E-state index contributed by atoms with van der Waals surface area (Å²) in [7, 11) is 1.63. The highest BCUT2D eigenvalue weighted by atomic mass is 35.5. The molecule has 112 valence electrons. The van der Waals surface area contributed by atoms with Crippen LogP contribution in [0.2, 0.25) is 5.02 Å². The maximum absolute atomic E-state index is 10.4. The van der Waals surface area contributed by atoms with Crippen LogP contribution in [-0.4, -0.2) is 18.3 Å². The van der Waals surface area contributed by atoms with Gasteiger partial charge in [-0.25, -0.2) is 0 Å². The molecule has 2 rings (SSSR count). The molecule has 0 aromatic heterocycles. The number of aryl methyl sites for hydroxylation is 2. The Hall–Kier alpha value is -1.51. The van der Waals surface area contributed by atoms with Gasteiger partial charge in [0.15, 0.2) is 0 Å². The largest absolute Gasteiger partial charge is 0.496 e. The van der Waals surface area contributed by atoms with Gasteiger partial charge in [0.2, 0.25) is 0 Å². The van der Waals surface area contributed by atoms with Gasteiger partial charge in [0, 0.05) is 11.4 Å². The first-order valence-electron chi connectivity index (χ1n) is 7.06. The van der Waals surface area contributed by atoms with E-state index in [0.29, 0.717) is 17.9 Å². The van der Waals surface area contributed by atoms with Gasteiger partial charge in [-0.3, -0.25) is 0 Å². The maximum Gasteiger partial charge on any atom is 0.122 e. The highest BCUT2D eigenvalue weighted by Gasteiger charge is 2.12. The third-order valence-corrected chi connectivity index (χ3v) is 3.89. The highest BCUT2D eigenvalue weighted by Crippen LogP contribution is 2.25. The molecule has 1 N–H and O–H groups in total. The standard InChI is InChI=1S/C18H21ClO2/c1-12-4-5-13(2)14(8-12)10-17(20)11-15-9-16(19)6-7-18(15)21-3/h4-9,17,20H,10-11H2,1-3H3. The van der Waals surface area contributed by atoms with Crippen LogP contribution in [0.3, 0.4) is 0 Å². The second-order valence-electron chi connectivity index (χ2n) is 5.45. The fourth-order valence-electron chi connectivity index (χ4n) is 2.51. The maximum atomic E-state index is 10.4. The molecule has 2 nitrogen and oxygen atoms in total. The average Bonchev–Trinajstić information content (AvgIpc) is 2.43. The van der Waals surface area contributed by atoms with Gasteiger partial charge >= 0.3 is 0 Å². The summed E-state index contributed by atoms with van der Waals surface area (Å²) in [6, 6.07) is 11.8. The fraction of sp³-hybridized carbons (Fsp3) is 0.333. The summed E-state index contributed by atoms with van der Waals surface area (Å²) in [5.41, 5.74) is 4.53. The van der Waals surface area contributed by atoms with E-state index in [2.05, 4.69) is 32.0 Å². The molecule has 1 unspecified atom stereocenters. The Morgan fingerprint density at radius 1 is 1.05 bits per heavy atom.